The highest BCUT2D eigenvalue weighted by Gasteiger charge is 2.07. The minimum Gasteiger partial charge on any atom is -0.354 e. The van der Waals surface area contributed by atoms with Crippen LogP contribution in [-0.4, -0.2) is 17.8 Å². The Balaban J connectivity index is 3.50. The van der Waals surface area contributed by atoms with Crippen molar-refractivity contribution in [1.29, 1.82) is 0 Å². The van der Waals surface area contributed by atoms with E-state index in [1.54, 1.807) is 0 Å². The lowest BCUT2D eigenvalue weighted by atomic mass is 10.0. The van der Waals surface area contributed by atoms with Crippen LogP contribution in [0.4, 0.5) is 0 Å². The molecule has 84 valence electrons. The second-order valence-electron chi connectivity index (χ2n) is 4.23. The molecule has 0 bridgehead atoms. The van der Waals surface area contributed by atoms with Gasteiger partial charge in [0.1, 0.15) is 0 Å². The zero-order valence-corrected chi connectivity index (χ0v) is 10.2. The molecule has 14 heavy (non-hydrogen) atoms. The maximum Gasteiger partial charge on any atom is 0.220 e. The minimum atomic E-state index is 0.127. The van der Waals surface area contributed by atoms with E-state index in [1.165, 1.54) is 0 Å². The Morgan fingerprint density at radius 1 is 1.29 bits per heavy atom. The lowest BCUT2D eigenvalue weighted by Gasteiger charge is -2.14. The Labute approximate surface area is 92.4 Å². The van der Waals surface area contributed by atoms with Gasteiger partial charge in [-0.2, -0.15) is 0 Å². The van der Waals surface area contributed by atoms with Gasteiger partial charge in [-0.1, -0.05) is 13.8 Å². The summed E-state index contributed by atoms with van der Waals surface area (Å²) in [7, 11) is 0. The second kappa shape index (κ2) is 8.10. The van der Waals surface area contributed by atoms with Crippen molar-refractivity contribution >= 4 is 17.5 Å². The number of nitrogens with one attached hydrogen (secondary N) is 1. The first-order chi connectivity index (χ1) is 6.56. The fraction of sp³-hybridized carbons (Fsp3) is 0.909. The number of alkyl halides is 1. The molecule has 0 aromatic carbocycles. The molecule has 0 aromatic heterocycles. The molecule has 0 aliphatic carbocycles. The number of hydrogen-bond acceptors (Lipinski definition) is 1. The maximum absolute atomic E-state index is 11.3. The molecule has 0 aliphatic rings. The van der Waals surface area contributed by atoms with Crippen LogP contribution in [0.1, 0.15) is 46.5 Å². The number of hydrogen-bond donors (Lipinski definition) is 1. The first-order valence-electron chi connectivity index (χ1n) is 5.41. The molecule has 0 fully saturated rings. The molecular weight excluding hydrogens is 198 g/mol. The van der Waals surface area contributed by atoms with E-state index in [-0.39, 0.29) is 5.91 Å². The van der Waals surface area contributed by atoms with Crippen LogP contribution in [0, 0.1) is 5.92 Å². The summed E-state index contributed by atoms with van der Waals surface area (Å²) in [5, 5.41) is 2.97. The van der Waals surface area contributed by atoms with Gasteiger partial charge >= 0.3 is 0 Å². The minimum absolute atomic E-state index is 0.127. The molecule has 0 aromatic rings. The topological polar surface area (TPSA) is 29.1 Å². The fourth-order valence-corrected chi connectivity index (χ4v) is 1.36. The van der Waals surface area contributed by atoms with E-state index in [0.29, 0.717) is 24.3 Å². The van der Waals surface area contributed by atoms with E-state index < -0.39 is 0 Å². The summed E-state index contributed by atoms with van der Waals surface area (Å²) in [6.45, 7) is 6.45. The Kier molecular flexibility index (Phi) is 7.96. The van der Waals surface area contributed by atoms with Gasteiger partial charge in [0.05, 0.1) is 0 Å². The van der Waals surface area contributed by atoms with Crippen molar-refractivity contribution in [3.63, 3.8) is 0 Å². The lowest BCUT2D eigenvalue weighted by molar-refractivity contribution is -0.121. The fourth-order valence-electron chi connectivity index (χ4n) is 1.23. The SMILES string of the molecule is CC(C)CCC(C)NC(=O)CCCCl. The lowest BCUT2D eigenvalue weighted by Crippen LogP contribution is -2.32. The van der Waals surface area contributed by atoms with Crippen molar-refractivity contribution in [2.24, 2.45) is 5.92 Å². The number of carbonyl (C=O) groups is 1. The highest BCUT2D eigenvalue weighted by atomic mass is 35.5. The highest BCUT2D eigenvalue weighted by Crippen LogP contribution is 2.06. The Bertz CT molecular complexity index is 159. The smallest absolute Gasteiger partial charge is 0.220 e. The zero-order valence-electron chi connectivity index (χ0n) is 9.48. The standard InChI is InChI=1S/C11H22ClNO/c1-9(2)6-7-10(3)13-11(14)5-4-8-12/h9-10H,4-8H2,1-3H3,(H,13,14). The van der Waals surface area contributed by atoms with Crippen molar-refractivity contribution in [1.82, 2.24) is 5.32 Å². The van der Waals surface area contributed by atoms with Crippen LogP contribution in [0.15, 0.2) is 0 Å². The molecule has 0 rings (SSSR count). The molecule has 0 saturated carbocycles. The molecule has 0 aliphatic heterocycles. The summed E-state index contributed by atoms with van der Waals surface area (Å²) in [6.07, 6.45) is 3.54. The molecule has 1 unspecified atom stereocenters. The van der Waals surface area contributed by atoms with Gasteiger partial charge in [-0.05, 0) is 32.1 Å². The number of carbonyl (C=O) groups excluding carboxylic acids is 1. The van der Waals surface area contributed by atoms with E-state index in [2.05, 4.69) is 26.1 Å². The average Bonchev–Trinajstić information content (AvgIpc) is 2.11. The molecule has 0 spiro atoms. The Morgan fingerprint density at radius 3 is 2.43 bits per heavy atom. The van der Waals surface area contributed by atoms with Crippen molar-refractivity contribution < 1.29 is 4.79 Å². The summed E-state index contributed by atoms with van der Waals surface area (Å²) in [5.41, 5.74) is 0. The summed E-state index contributed by atoms with van der Waals surface area (Å²) in [5.74, 6) is 1.40. The average molecular weight is 220 g/mol. The van der Waals surface area contributed by atoms with Gasteiger partial charge in [0.15, 0.2) is 0 Å². The zero-order chi connectivity index (χ0) is 11.0. The molecular formula is C11H22ClNO. The molecule has 3 heteroatoms. The van der Waals surface area contributed by atoms with Gasteiger partial charge in [0.25, 0.3) is 0 Å². The Hall–Kier alpha value is -0.240. The predicted molar refractivity (Wildman–Crippen MR) is 61.6 cm³/mol. The molecule has 2 nitrogen and oxygen atoms in total. The summed E-state index contributed by atoms with van der Waals surface area (Å²) in [4.78, 5) is 11.3. The predicted octanol–water partition coefficient (Wildman–Crippen LogP) is 2.95. The largest absolute Gasteiger partial charge is 0.354 e. The molecule has 0 radical (unpaired) electrons. The molecule has 0 saturated heterocycles. The third kappa shape index (κ3) is 8.36. The number of amides is 1. The van der Waals surface area contributed by atoms with E-state index in [9.17, 15) is 4.79 Å². The van der Waals surface area contributed by atoms with E-state index >= 15 is 0 Å². The third-order valence-electron chi connectivity index (χ3n) is 2.12. The number of halogens is 1. The second-order valence-corrected chi connectivity index (χ2v) is 4.61. The normalized spacial score (nSPS) is 12.9. The van der Waals surface area contributed by atoms with Gasteiger partial charge in [-0.15, -0.1) is 11.6 Å². The molecule has 0 heterocycles. The molecule has 1 atom stereocenters. The van der Waals surface area contributed by atoms with Crippen molar-refractivity contribution in [2.75, 3.05) is 5.88 Å². The summed E-state index contributed by atoms with van der Waals surface area (Å²) >= 11 is 5.50. The van der Waals surface area contributed by atoms with Crippen molar-refractivity contribution in [3.05, 3.63) is 0 Å². The van der Waals surface area contributed by atoms with Crippen molar-refractivity contribution in [2.45, 2.75) is 52.5 Å². The summed E-state index contributed by atoms with van der Waals surface area (Å²) in [6, 6.07) is 0.292. The van der Waals surface area contributed by atoms with E-state index in [1.807, 2.05) is 0 Å². The third-order valence-corrected chi connectivity index (χ3v) is 2.39. The first kappa shape index (κ1) is 13.8. The maximum atomic E-state index is 11.3. The number of rotatable bonds is 7. The first-order valence-corrected chi connectivity index (χ1v) is 5.95. The van der Waals surface area contributed by atoms with Gasteiger partial charge in [-0.3, -0.25) is 4.79 Å². The van der Waals surface area contributed by atoms with Crippen LogP contribution in [0.3, 0.4) is 0 Å². The van der Waals surface area contributed by atoms with Crippen LogP contribution < -0.4 is 5.32 Å². The molecule has 1 N–H and O–H groups in total. The van der Waals surface area contributed by atoms with Gasteiger partial charge in [0, 0.05) is 18.3 Å². The Morgan fingerprint density at radius 2 is 1.93 bits per heavy atom. The van der Waals surface area contributed by atoms with Crippen LogP contribution in [0.5, 0.6) is 0 Å². The van der Waals surface area contributed by atoms with Crippen LogP contribution in [0.2, 0.25) is 0 Å². The molecule has 1 amide bonds. The van der Waals surface area contributed by atoms with E-state index in [4.69, 9.17) is 11.6 Å². The summed E-state index contributed by atoms with van der Waals surface area (Å²) < 4.78 is 0. The van der Waals surface area contributed by atoms with Crippen molar-refractivity contribution in [3.8, 4) is 0 Å². The van der Waals surface area contributed by atoms with Gasteiger partial charge in [0.2, 0.25) is 5.91 Å². The van der Waals surface area contributed by atoms with Crippen LogP contribution >= 0.6 is 11.6 Å². The monoisotopic (exact) mass is 219 g/mol. The van der Waals surface area contributed by atoms with Crippen LogP contribution in [0.25, 0.3) is 0 Å². The highest BCUT2D eigenvalue weighted by molar-refractivity contribution is 6.17. The van der Waals surface area contributed by atoms with E-state index in [0.717, 1.165) is 19.3 Å². The van der Waals surface area contributed by atoms with Crippen LogP contribution in [-0.2, 0) is 4.79 Å². The quantitative estimate of drug-likeness (QED) is 0.656. The van der Waals surface area contributed by atoms with Gasteiger partial charge in [-0.25, -0.2) is 0 Å². The van der Waals surface area contributed by atoms with Gasteiger partial charge < -0.3 is 5.32 Å².